The molecule has 0 unspecified atom stereocenters. The van der Waals surface area contributed by atoms with Crippen molar-refractivity contribution in [1.29, 1.82) is 0 Å². The summed E-state index contributed by atoms with van der Waals surface area (Å²) >= 11 is 1.36. The van der Waals surface area contributed by atoms with Crippen molar-refractivity contribution in [1.82, 2.24) is 4.98 Å². The zero-order chi connectivity index (χ0) is 15.8. The van der Waals surface area contributed by atoms with E-state index in [1.807, 2.05) is 24.3 Å². The molecule has 0 aliphatic rings. The van der Waals surface area contributed by atoms with E-state index in [1.54, 1.807) is 27.7 Å². The molecule has 1 heterocycles. The topological polar surface area (TPSA) is 82.5 Å². The minimum atomic E-state index is -3.06. The highest BCUT2D eigenvalue weighted by Gasteiger charge is 2.43. The van der Waals surface area contributed by atoms with Crippen molar-refractivity contribution < 1.29 is 13.9 Å². The van der Waals surface area contributed by atoms with E-state index in [9.17, 15) is 13.9 Å². The summed E-state index contributed by atoms with van der Waals surface area (Å²) in [7, 11) is -3.06. The lowest BCUT2D eigenvalue weighted by Crippen LogP contribution is -2.44. The number of rotatable bonds is 4. The lowest BCUT2D eigenvalue weighted by molar-refractivity contribution is -0.118. The van der Waals surface area contributed by atoms with Crippen LogP contribution >= 0.6 is 21.9 Å². The van der Waals surface area contributed by atoms with E-state index in [4.69, 9.17) is 0 Å². The molecule has 5 nitrogen and oxygen atoms in total. The zero-order valence-electron chi connectivity index (χ0n) is 12.5. The maximum atomic E-state index is 12.4. The Morgan fingerprint density at radius 3 is 2.52 bits per heavy atom. The molecule has 3 N–H and O–H groups in total. The number of carbonyl (C=O) groups is 1. The molecule has 0 aliphatic heterocycles. The van der Waals surface area contributed by atoms with Crippen molar-refractivity contribution in [2.75, 3.05) is 5.32 Å². The van der Waals surface area contributed by atoms with Gasteiger partial charge in [0.2, 0.25) is 0 Å². The number of thiazole rings is 1. The number of aromatic nitrogens is 1. The molecule has 1 aromatic carbocycles. The van der Waals surface area contributed by atoms with Gasteiger partial charge in [-0.3, -0.25) is 13.9 Å². The van der Waals surface area contributed by atoms with Gasteiger partial charge in [0.25, 0.3) is 5.91 Å². The van der Waals surface area contributed by atoms with E-state index in [0.29, 0.717) is 5.13 Å². The summed E-state index contributed by atoms with van der Waals surface area (Å²) in [6.07, 6.45) is 0. The van der Waals surface area contributed by atoms with Gasteiger partial charge in [-0.1, -0.05) is 23.5 Å². The van der Waals surface area contributed by atoms with Crippen LogP contribution in [0, 0.1) is 0 Å². The molecule has 2 rings (SSSR count). The summed E-state index contributed by atoms with van der Waals surface area (Å²) in [5.74, 6) is -0.435. The third-order valence-electron chi connectivity index (χ3n) is 3.47. The largest absolute Gasteiger partial charge is 0.300 e. The van der Waals surface area contributed by atoms with Crippen LogP contribution in [-0.2, 0) is 4.79 Å². The fraction of sp³-hybridized carbons (Fsp3) is 0.429. The first-order chi connectivity index (χ1) is 9.66. The molecule has 1 amide bonds. The van der Waals surface area contributed by atoms with Crippen LogP contribution < -0.4 is 5.32 Å². The molecule has 0 aliphatic carbocycles. The number of nitrogens with one attached hydrogen (secondary N) is 1. The predicted octanol–water partition coefficient (Wildman–Crippen LogP) is 4.17. The quantitative estimate of drug-likeness (QED) is 0.786. The third-order valence-corrected chi connectivity index (χ3v) is 7.42. The Kier molecular flexibility index (Phi) is 4.30. The summed E-state index contributed by atoms with van der Waals surface area (Å²) in [6, 6.07) is 7.59. The molecule has 0 spiro atoms. The van der Waals surface area contributed by atoms with Gasteiger partial charge >= 0.3 is 0 Å². The Labute approximate surface area is 129 Å². The second-order valence-electron chi connectivity index (χ2n) is 5.59. The highest BCUT2D eigenvalue weighted by Crippen LogP contribution is 2.56. The van der Waals surface area contributed by atoms with Crippen LogP contribution in [0.5, 0.6) is 0 Å². The average molecular weight is 328 g/mol. The standard InChI is InChI=1S/C14H20N2O3S2/c1-9(2)21(18,19)14(3,4)12(17)16-13-15-10-7-5-6-8-11(10)20-13/h5-9,18-19H,1-4H3,(H,15,16,17). The maximum absolute atomic E-state index is 12.4. The van der Waals surface area contributed by atoms with Gasteiger partial charge in [-0.05, 0) is 39.8 Å². The number of hydrogen-bond donors (Lipinski definition) is 3. The van der Waals surface area contributed by atoms with E-state index in [0.717, 1.165) is 10.2 Å². The third kappa shape index (κ3) is 2.91. The lowest BCUT2D eigenvalue weighted by Gasteiger charge is -2.48. The van der Waals surface area contributed by atoms with Crippen molar-refractivity contribution in [2.24, 2.45) is 0 Å². The molecule has 7 heteroatoms. The Morgan fingerprint density at radius 1 is 1.33 bits per heavy atom. The fourth-order valence-electron chi connectivity index (χ4n) is 1.90. The summed E-state index contributed by atoms with van der Waals surface area (Å²) < 4.78 is 20.2. The van der Waals surface area contributed by atoms with Crippen LogP contribution in [-0.4, -0.2) is 30.0 Å². The number of anilines is 1. The molecular formula is C14H20N2O3S2. The number of hydrogen-bond acceptors (Lipinski definition) is 5. The first-order valence-electron chi connectivity index (χ1n) is 6.60. The van der Waals surface area contributed by atoms with Crippen molar-refractivity contribution >= 4 is 43.2 Å². The van der Waals surface area contributed by atoms with Gasteiger partial charge in [0.1, 0.15) is 4.75 Å². The summed E-state index contributed by atoms with van der Waals surface area (Å²) in [6.45, 7) is 6.49. The lowest BCUT2D eigenvalue weighted by atomic mass is 10.2. The number of para-hydroxylation sites is 1. The average Bonchev–Trinajstić information content (AvgIpc) is 2.80. The van der Waals surface area contributed by atoms with Crippen LogP contribution in [0.25, 0.3) is 10.2 Å². The molecular weight excluding hydrogens is 308 g/mol. The molecule has 0 saturated carbocycles. The van der Waals surface area contributed by atoms with E-state index >= 15 is 0 Å². The van der Waals surface area contributed by atoms with E-state index in [2.05, 4.69) is 10.3 Å². The predicted molar refractivity (Wildman–Crippen MR) is 90.3 cm³/mol. The van der Waals surface area contributed by atoms with Gasteiger partial charge in [0.15, 0.2) is 5.13 Å². The minimum Gasteiger partial charge on any atom is -0.300 e. The highest BCUT2D eigenvalue weighted by atomic mass is 32.3. The van der Waals surface area contributed by atoms with Crippen molar-refractivity contribution in [2.45, 2.75) is 37.7 Å². The van der Waals surface area contributed by atoms with Crippen LogP contribution in [0.3, 0.4) is 0 Å². The Hall–Kier alpha value is -1.15. The Balaban J connectivity index is 2.24. The molecule has 0 radical (unpaired) electrons. The first-order valence-corrected chi connectivity index (χ1v) is 9.02. The maximum Gasteiger partial charge on any atom is 0.251 e. The number of nitrogens with zero attached hydrogens (tertiary/aromatic N) is 1. The van der Waals surface area contributed by atoms with Crippen molar-refractivity contribution in [3.05, 3.63) is 24.3 Å². The Bertz CT molecular complexity index is 632. The second-order valence-corrected chi connectivity index (χ2v) is 9.77. The summed E-state index contributed by atoms with van der Waals surface area (Å²) in [5, 5.41) is 2.77. The van der Waals surface area contributed by atoms with Gasteiger partial charge < -0.3 is 5.32 Å². The normalized spacial score (nSPS) is 13.7. The summed E-state index contributed by atoms with van der Waals surface area (Å²) in [4.78, 5) is 16.7. The summed E-state index contributed by atoms with van der Waals surface area (Å²) in [5.41, 5.74) is 0.811. The van der Waals surface area contributed by atoms with Crippen LogP contribution in [0.1, 0.15) is 27.7 Å². The number of benzene rings is 1. The monoisotopic (exact) mass is 328 g/mol. The number of amides is 1. The van der Waals surface area contributed by atoms with Gasteiger partial charge in [-0.25, -0.2) is 4.98 Å². The molecule has 21 heavy (non-hydrogen) atoms. The van der Waals surface area contributed by atoms with Crippen LogP contribution in [0.2, 0.25) is 0 Å². The molecule has 1 aromatic heterocycles. The molecule has 0 bridgehead atoms. The van der Waals surface area contributed by atoms with E-state index in [1.165, 1.54) is 11.3 Å². The van der Waals surface area contributed by atoms with Crippen LogP contribution in [0.15, 0.2) is 24.3 Å². The van der Waals surface area contributed by atoms with E-state index < -0.39 is 26.5 Å². The zero-order valence-corrected chi connectivity index (χ0v) is 14.1. The van der Waals surface area contributed by atoms with Gasteiger partial charge in [-0.15, -0.1) is 0 Å². The van der Waals surface area contributed by atoms with Crippen molar-refractivity contribution in [3.8, 4) is 0 Å². The first kappa shape index (κ1) is 16.2. The van der Waals surface area contributed by atoms with Gasteiger partial charge in [-0.2, -0.15) is 10.6 Å². The second kappa shape index (κ2) is 5.57. The van der Waals surface area contributed by atoms with Crippen molar-refractivity contribution in [3.63, 3.8) is 0 Å². The van der Waals surface area contributed by atoms with Gasteiger partial charge in [0.05, 0.1) is 10.2 Å². The number of fused-ring (bicyclic) bond motifs is 1. The minimum absolute atomic E-state index is 0.395. The molecule has 2 aromatic rings. The molecule has 0 fully saturated rings. The van der Waals surface area contributed by atoms with Gasteiger partial charge in [0, 0.05) is 5.25 Å². The highest BCUT2D eigenvalue weighted by molar-refractivity contribution is 8.26. The van der Waals surface area contributed by atoms with Crippen LogP contribution in [0.4, 0.5) is 5.13 Å². The smallest absolute Gasteiger partial charge is 0.251 e. The Morgan fingerprint density at radius 2 is 1.95 bits per heavy atom. The molecule has 0 atom stereocenters. The molecule has 116 valence electrons. The molecule has 0 saturated heterocycles. The SMILES string of the molecule is CC(C)S(O)(O)C(C)(C)C(=O)Nc1nc2ccccc2s1. The fourth-order valence-corrected chi connectivity index (χ4v) is 4.26. The number of carbonyl (C=O) groups excluding carboxylic acids is 1. The van der Waals surface area contributed by atoms with E-state index in [-0.39, 0.29) is 0 Å².